The van der Waals surface area contributed by atoms with Crippen molar-refractivity contribution in [3.63, 3.8) is 0 Å². The Morgan fingerprint density at radius 1 is 1.33 bits per heavy atom. The average Bonchev–Trinajstić information content (AvgIpc) is 3.02. The fourth-order valence-electron chi connectivity index (χ4n) is 2.40. The zero-order chi connectivity index (χ0) is 10.9. The number of rotatable bonds is 4. The van der Waals surface area contributed by atoms with Gasteiger partial charge in [-0.15, -0.1) is 0 Å². The van der Waals surface area contributed by atoms with E-state index in [-0.39, 0.29) is 5.91 Å². The quantitative estimate of drug-likeness (QED) is 0.715. The van der Waals surface area contributed by atoms with E-state index in [0.29, 0.717) is 12.1 Å². The molecule has 15 heavy (non-hydrogen) atoms. The number of nitrogens with two attached hydrogens (primary N) is 1. The standard InChI is InChI=1S/C11H20N2O2/c1-15-9-4-6-11(7-5-9,10(12)14)13-8-2-3-8/h8-9,13H,2-7H2,1H3,(H2,12,14). The Labute approximate surface area is 90.5 Å². The summed E-state index contributed by atoms with van der Waals surface area (Å²) in [5.74, 6) is -0.191. The van der Waals surface area contributed by atoms with Crippen molar-refractivity contribution in [2.24, 2.45) is 5.73 Å². The van der Waals surface area contributed by atoms with Crippen molar-refractivity contribution in [3.05, 3.63) is 0 Å². The van der Waals surface area contributed by atoms with Crippen molar-refractivity contribution in [1.29, 1.82) is 0 Å². The Morgan fingerprint density at radius 3 is 2.33 bits per heavy atom. The van der Waals surface area contributed by atoms with Crippen molar-refractivity contribution in [2.45, 2.75) is 56.2 Å². The first-order chi connectivity index (χ1) is 7.16. The molecule has 2 fully saturated rings. The average molecular weight is 212 g/mol. The van der Waals surface area contributed by atoms with Crippen LogP contribution >= 0.6 is 0 Å². The van der Waals surface area contributed by atoms with Gasteiger partial charge < -0.3 is 15.8 Å². The molecule has 0 aromatic heterocycles. The second-order valence-corrected chi connectivity index (χ2v) is 4.80. The van der Waals surface area contributed by atoms with Gasteiger partial charge in [-0.05, 0) is 38.5 Å². The smallest absolute Gasteiger partial charge is 0.237 e. The molecule has 0 aliphatic heterocycles. The van der Waals surface area contributed by atoms with Crippen LogP contribution in [0.3, 0.4) is 0 Å². The molecule has 1 amide bonds. The molecule has 0 heterocycles. The third-order valence-corrected chi connectivity index (χ3v) is 3.65. The Kier molecular flexibility index (Phi) is 2.98. The maximum Gasteiger partial charge on any atom is 0.237 e. The van der Waals surface area contributed by atoms with E-state index in [0.717, 1.165) is 25.7 Å². The summed E-state index contributed by atoms with van der Waals surface area (Å²) in [6.07, 6.45) is 6.16. The number of nitrogens with one attached hydrogen (secondary N) is 1. The highest BCUT2D eigenvalue weighted by atomic mass is 16.5. The van der Waals surface area contributed by atoms with Gasteiger partial charge in [-0.1, -0.05) is 0 Å². The molecule has 2 rings (SSSR count). The van der Waals surface area contributed by atoms with Gasteiger partial charge in [0.1, 0.15) is 0 Å². The molecular weight excluding hydrogens is 192 g/mol. The van der Waals surface area contributed by atoms with Crippen LogP contribution in [-0.4, -0.2) is 30.7 Å². The fourth-order valence-corrected chi connectivity index (χ4v) is 2.40. The largest absolute Gasteiger partial charge is 0.381 e. The molecule has 0 unspecified atom stereocenters. The van der Waals surface area contributed by atoms with Crippen LogP contribution in [0.1, 0.15) is 38.5 Å². The topological polar surface area (TPSA) is 64.3 Å². The van der Waals surface area contributed by atoms with Gasteiger partial charge in [0.05, 0.1) is 11.6 Å². The Bertz CT molecular complexity index is 243. The van der Waals surface area contributed by atoms with Gasteiger partial charge in [0.2, 0.25) is 5.91 Å². The Morgan fingerprint density at radius 2 is 1.93 bits per heavy atom. The van der Waals surface area contributed by atoms with Gasteiger partial charge in [0, 0.05) is 13.2 Å². The Hall–Kier alpha value is -0.610. The second kappa shape index (κ2) is 4.10. The predicted octanol–water partition coefficient (Wildman–Crippen LogP) is 0.551. The van der Waals surface area contributed by atoms with E-state index in [1.54, 1.807) is 7.11 Å². The highest BCUT2D eigenvalue weighted by Crippen LogP contribution is 2.33. The zero-order valence-corrected chi connectivity index (χ0v) is 9.29. The number of ether oxygens (including phenoxy) is 1. The van der Waals surface area contributed by atoms with E-state index < -0.39 is 5.54 Å². The molecule has 0 saturated heterocycles. The van der Waals surface area contributed by atoms with Crippen molar-refractivity contribution >= 4 is 5.91 Å². The second-order valence-electron chi connectivity index (χ2n) is 4.80. The van der Waals surface area contributed by atoms with Crippen LogP contribution < -0.4 is 11.1 Å². The number of hydrogen-bond donors (Lipinski definition) is 2. The highest BCUT2D eigenvalue weighted by Gasteiger charge is 2.43. The number of carbonyl (C=O) groups excluding carboxylic acids is 1. The van der Waals surface area contributed by atoms with Gasteiger partial charge in [0.25, 0.3) is 0 Å². The summed E-state index contributed by atoms with van der Waals surface area (Å²) in [4.78, 5) is 11.6. The zero-order valence-electron chi connectivity index (χ0n) is 9.29. The third kappa shape index (κ3) is 2.32. The summed E-state index contributed by atoms with van der Waals surface area (Å²) >= 11 is 0. The molecule has 3 N–H and O–H groups in total. The minimum atomic E-state index is -0.448. The van der Waals surface area contributed by atoms with Crippen molar-refractivity contribution in [2.75, 3.05) is 7.11 Å². The van der Waals surface area contributed by atoms with E-state index in [9.17, 15) is 4.79 Å². The van der Waals surface area contributed by atoms with Gasteiger partial charge in [-0.25, -0.2) is 0 Å². The summed E-state index contributed by atoms with van der Waals surface area (Å²) in [5.41, 5.74) is 5.07. The molecule has 0 spiro atoms. The van der Waals surface area contributed by atoms with Crippen LogP contribution in [-0.2, 0) is 9.53 Å². The number of methoxy groups -OCH3 is 1. The van der Waals surface area contributed by atoms with Crippen molar-refractivity contribution in [1.82, 2.24) is 5.32 Å². The van der Waals surface area contributed by atoms with E-state index in [1.807, 2.05) is 0 Å². The molecule has 86 valence electrons. The van der Waals surface area contributed by atoms with Crippen molar-refractivity contribution in [3.8, 4) is 0 Å². The highest BCUT2D eigenvalue weighted by molar-refractivity contribution is 5.84. The molecular formula is C11H20N2O2. The molecule has 0 aromatic rings. The molecule has 2 aliphatic carbocycles. The summed E-state index contributed by atoms with van der Waals surface area (Å²) in [6.45, 7) is 0. The van der Waals surface area contributed by atoms with Gasteiger partial charge in [-0.3, -0.25) is 4.79 Å². The maximum atomic E-state index is 11.6. The lowest BCUT2D eigenvalue weighted by Gasteiger charge is -2.38. The number of hydrogen-bond acceptors (Lipinski definition) is 3. The Balaban J connectivity index is 1.97. The molecule has 4 nitrogen and oxygen atoms in total. The minimum absolute atomic E-state index is 0.191. The van der Waals surface area contributed by atoms with Crippen LogP contribution in [0.15, 0.2) is 0 Å². The monoisotopic (exact) mass is 212 g/mol. The van der Waals surface area contributed by atoms with Crippen molar-refractivity contribution < 1.29 is 9.53 Å². The first-order valence-electron chi connectivity index (χ1n) is 5.77. The molecule has 2 saturated carbocycles. The number of amides is 1. The normalized spacial score (nSPS) is 36.5. The van der Waals surface area contributed by atoms with E-state index >= 15 is 0 Å². The van der Waals surface area contributed by atoms with E-state index in [1.165, 1.54) is 12.8 Å². The van der Waals surface area contributed by atoms with E-state index in [2.05, 4.69) is 5.32 Å². The third-order valence-electron chi connectivity index (χ3n) is 3.65. The predicted molar refractivity (Wildman–Crippen MR) is 57.3 cm³/mol. The maximum absolute atomic E-state index is 11.6. The first-order valence-corrected chi connectivity index (χ1v) is 5.77. The lowest BCUT2D eigenvalue weighted by atomic mass is 9.79. The van der Waals surface area contributed by atoms with Crippen LogP contribution in [0.5, 0.6) is 0 Å². The molecule has 2 aliphatic rings. The fraction of sp³-hybridized carbons (Fsp3) is 0.909. The number of carbonyl (C=O) groups is 1. The summed E-state index contributed by atoms with van der Waals surface area (Å²) in [5, 5.41) is 3.42. The first kappa shape index (κ1) is 10.9. The number of primary amides is 1. The van der Waals surface area contributed by atoms with Crippen LogP contribution in [0.25, 0.3) is 0 Å². The SMILES string of the molecule is COC1CCC(NC2CC2)(C(N)=O)CC1. The van der Waals surface area contributed by atoms with Crippen LogP contribution in [0.2, 0.25) is 0 Å². The lowest BCUT2D eigenvalue weighted by molar-refractivity contribution is -0.127. The lowest BCUT2D eigenvalue weighted by Crippen LogP contribution is -2.58. The van der Waals surface area contributed by atoms with E-state index in [4.69, 9.17) is 10.5 Å². The molecule has 4 heteroatoms. The molecule has 0 atom stereocenters. The van der Waals surface area contributed by atoms with Gasteiger partial charge >= 0.3 is 0 Å². The molecule has 0 aromatic carbocycles. The van der Waals surface area contributed by atoms with Crippen LogP contribution in [0.4, 0.5) is 0 Å². The summed E-state index contributed by atoms with van der Waals surface area (Å²) < 4.78 is 5.30. The van der Waals surface area contributed by atoms with Crippen LogP contribution in [0, 0.1) is 0 Å². The minimum Gasteiger partial charge on any atom is -0.381 e. The molecule has 0 radical (unpaired) electrons. The summed E-state index contributed by atoms with van der Waals surface area (Å²) in [7, 11) is 1.73. The summed E-state index contributed by atoms with van der Waals surface area (Å²) in [6, 6.07) is 0.525. The van der Waals surface area contributed by atoms with Gasteiger partial charge in [0.15, 0.2) is 0 Å². The van der Waals surface area contributed by atoms with Gasteiger partial charge in [-0.2, -0.15) is 0 Å². The molecule has 0 bridgehead atoms.